The molecule has 6 aliphatic carbocycles. The van der Waals surface area contributed by atoms with E-state index in [2.05, 4.69) is 96.6 Å². The summed E-state index contributed by atoms with van der Waals surface area (Å²) in [7, 11) is 4.22. The van der Waals surface area contributed by atoms with E-state index in [0.717, 1.165) is 88.1 Å². The molecule has 0 radical (unpaired) electrons. The van der Waals surface area contributed by atoms with Gasteiger partial charge in [-0.1, -0.05) is 84.4 Å². The van der Waals surface area contributed by atoms with Crippen LogP contribution in [0.5, 0.6) is 0 Å². The molecule has 0 bridgehead atoms. The second-order valence-electron chi connectivity index (χ2n) is 21.6. The predicted molar refractivity (Wildman–Crippen MR) is 235 cm³/mol. The maximum absolute atomic E-state index is 15.0. The van der Waals surface area contributed by atoms with Gasteiger partial charge >= 0.3 is 5.97 Å². The zero-order valence-corrected chi connectivity index (χ0v) is 38.1. The lowest BCUT2D eigenvalue weighted by Gasteiger charge is -2.71. The molecular weight excluding hydrogens is 740 g/mol. The number of benzene rings is 1. The summed E-state index contributed by atoms with van der Waals surface area (Å²) in [6.07, 6.45) is 16.2. The molecule has 0 heterocycles. The molecule has 6 nitrogen and oxygen atoms in total. The smallest absolute Gasteiger partial charge is 0.306 e. The maximum atomic E-state index is 15.0. The second kappa shape index (κ2) is 16.1. The highest BCUT2D eigenvalue weighted by molar-refractivity contribution is 6.30. The average molecular weight is 814 g/mol. The molecule has 0 aliphatic heterocycles. The van der Waals surface area contributed by atoms with Crippen LogP contribution in [0.2, 0.25) is 5.02 Å². The molecule has 0 amide bonds. The van der Waals surface area contributed by atoms with Crippen LogP contribution in [0.15, 0.2) is 58.7 Å². The number of Topliss-reactive ketones (excluding diaryl/α,β-unsaturated/α-hetero) is 2. The van der Waals surface area contributed by atoms with Crippen LogP contribution < -0.4 is 0 Å². The van der Waals surface area contributed by atoms with Crippen LogP contribution in [-0.2, 0) is 20.9 Å². The summed E-state index contributed by atoms with van der Waals surface area (Å²) < 4.78 is 0. The number of ketones is 2. The van der Waals surface area contributed by atoms with Crippen LogP contribution in [-0.4, -0.2) is 66.2 Å². The monoisotopic (exact) mass is 813 g/mol. The molecule has 0 saturated heterocycles. The summed E-state index contributed by atoms with van der Waals surface area (Å²) in [5.74, 6) is 1.11. The molecule has 3 saturated carbocycles. The molecule has 1 N–H and O–H groups in total. The Kier molecular flexibility index (Phi) is 12.1. The van der Waals surface area contributed by atoms with E-state index >= 15 is 0 Å². The molecule has 0 spiro atoms. The van der Waals surface area contributed by atoms with Gasteiger partial charge < -0.3 is 10.0 Å². The Labute approximate surface area is 355 Å². The van der Waals surface area contributed by atoms with Crippen LogP contribution in [0.1, 0.15) is 138 Å². The summed E-state index contributed by atoms with van der Waals surface area (Å²) in [6, 6.07) is 8.11. The molecule has 7 rings (SSSR count). The first-order valence-corrected chi connectivity index (χ1v) is 23.2. The number of halogens is 1. The fraction of sp³-hybridized carbons (Fsp3) is 0.706. The van der Waals surface area contributed by atoms with E-state index in [1.54, 1.807) is 0 Å². The van der Waals surface area contributed by atoms with Gasteiger partial charge in [-0.2, -0.15) is 0 Å². The molecule has 1 aromatic rings. The van der Waals surface area contributed by atoms with Crippen molar-refractivity contribution in [2.24, 2.45) is 56.7 Å². The van der Waals surface area contributed by atoms with Gasteiger partial charge in [0.1, 0.15) is 5.78 Å². The van der Waals surface area contributed by atoms with Crippen LogP contribution in [0.3, 0.4) is 0 Å². The average Bonchev–Trinajstić information content (AvgIpc) is 3.48. The van der Waals surface area contributed by atoms with Crippen molar-refractivity contribution in [3.63, 3.8) is 0 Å². The summed E-state index contributed by atoms with van der Waals surface area (Å²) in [5, 5.41) is 10.4. The Morgan fingerprint density at radius 3 is 2.24 bits per heavy atom. The van der Waals surface area contributed by atoms with Crippen molar-refractivity contribution in [3.8, 4) is 0 Å². The predicted octanol–water partition coefficient (Wildman–Crippen LogP) is 11.4. The van der Waals surface area contributed by atoms with E-state index in [4.69, 9.17) is 11.6 Å². The largest absolute Gasteiger partial charge is 0.481 e. The molecular formula is C51H73ClN2O4. The minimum absolute atomic E-state index is 0.0151. The van der Waals surface area contributed by atoms with E-state index in [1.807, 2.05) is 12.1 Å². The van der Waals surface area contributed by atoms with Gasteiger partial charge in [-0.25, -0.2) is 0 Å². The van der Waals surface area contributed by atoms with Crippen LogP contribution >= 0.6 is 11.6 Å². The van der Waals surface area contributed by atoms with Crippen molar-refractivity contribution in [3.05, 3.63) is 69.3 Å². The number of carbonyl (C=O) groups excluding carboxylic acids is 2. The van der Waals surface area contributed by atoms with Gasteiger partial charge in [0, 0.05) is 37.5 Å². The number of carbonyl (C=O) groups is 3. The Hall–Kier alpha value is -2.54. The summed E-state index contributed by atoms with van der Waals surface area (Å²) in [4.78, 5) is 45.6. The first kappa shape index (κ1) is 43.5. The molecule has 0 aromatic heterocycles. The number of aliphatic carboxylic acids is 1. The van der Waals surface area contributed by atoms with Crippen molar-refractivity contribution < 1.29 is 19.5 Å². The highest BCUT2D eigenvalue weighted by Gasteiger charge is 2.70. The van der Waals surface area contributed by atoms with Crippen LogP contribution in [0.4, 0.5) is 0 Å². The SMILES string of the molecule is CC(C)C1=C2[C@H]3CC[C@@H]4[C@@]5(C)CC=C(C6=CC[C@@H](C(=O)O)CC6)C(C)(C)[C@@H]5CC[C@@]4(C)[C@]3(C)CC[C@@]2(C(=O)CCCN(CCN(C)C)Cc2ccc(Cl)cc2)CC1=O. The van der Waals surface area contributed by atoms with Crippen molar-refractivity contribution in [1.82, 2.24) is 9.80 Å². The standard InChI is InChI=1S/C51H73ClN2O4/c1-33(2)44-40(55)31-51(43(56)11-10-28-54(30-29-53(8)9)32-34-12-18-37(52)19-13-34)27-26-49(6)39(45(44)51)20-21-42-48(5)24-22-38(35-14-16-36(17-15-35)46(57)58)47(3,4)41(48)23-25-50(42,49)7/h12-14,18-19,22,33,36,39,41-42H,10-11,15-17,20-21,23-32H2,1-9H3,(H,57,58)/t36-,39-,41+,42-,48+,49-,50-,51+/m1/s1. The number of hydrogen-bond acceptors (Lipinski definition) is 5. The van der Waals surface area contributed by atoms with Crippen molar-refractivity contribution in [2.45, 2.75) is 138 Å². The third-order valence-electron chi connectivity index (χ3n) is 17.7. The number of fused-ring (bicyclic) bond motifs is 7. The Balaban J connectivity index is 1.13. The summed E-state index contributed by atoms with van der Waals surface area (Å²) >= 11 is 6.20. The van der Waals surface area contributed by atoms with Crippen molar-refractivity contribution in [2.75, 3.05) is 33.7 Å². The summed E-state index contributed by atoms with van der Waals surface area (Å²) in [5.41, 5.74) is 6.02. The Bertz CT molecular complexity index is 1870. The first-order chi connectivity index (χ1) is 27.3. The molecule has 58 heavy (non-hydrogen) atoms. The number of allylic oxidation sites excluding steroid dienone is 6. The van der Waals surface area contributed by atoms with Gasteiger partial charge in [0.15, 0.2) is 5.78 Å². The first-order valence-electron chi connectivity index (χ1n) is 22.8. The number of nitrogens with zero attached hydrogens (tertiary/aromatic N) is 2. The van der Waals surface area contributed by atoms with Crippen LogP contribution in [0, 0.1) is 56.7 Å². The number of likely N-dealkylation sites (N-methyl/N-ethyl adjacent to an activating group) is 1. The number of hydrogen-bond donors (Lipinski definition) is 1. The Morgan fingerprint density at radius 1 is 0.879 bits per heavy atom. The third-order valence-corrected chi connectivity index (χ3v) is 18.0. The lowest BCUT2D eigenvalue weighted by Crippen LogP contribution is -2.64. The molecule has 3 fully saturated rings. The fourth-order valence-electron chi connectivity index (χ4n) is 14.6. The zero-order chi connectivity index (χ0) is 42.0. The topological polar surface area (TPSA) is 77.9 Å². The van der Waals surface area contributed by atoms with Gasteiger partial charge in [0.05, 0.1) is 11.3 Å². The number of carboxylic acid groups (broad SMARTS) is 1. The fourth-order valence-corrected chi connectivity index (χ4v) is 14.7. The minimum Gasteiger partial charge on any atom is -0.481 e. The maximum Gasteiger partial charge on any atom is 0.306 e. The number of rotatable bonds is 13. The molecule has 0 unspecified atom stereocenters. The highest BCUT2D eigenvalue weighted by Crippen LogP contribution is 2.77. The van der Waals surface area contributed by atoms with Crippen molar-refractivity contribution in [1.29, 1.82) is 0 Å². The van der Waals surface area contributed by atoms with E-state index < -0.39 is 11.4 Å². The Morgan fingerprint density at radius 2 is 1.60 bits per heavy atom. The third kappa shape index (κ3) is 7.25. The lowest BCUT2D eigenvalue weighted by atomic mass is 9.33. The summed E-state index contributed by atoms with van der Waals surface area (Å²) in [6.45, 7) is 20.7. The van der Waals surface area contributed by atoms with E-state index in [9.17, 15) is 19.5 Å². The minimum atomic E-state index is -0.665. The molecule has 6 aliphatic rings. The van der Waals surface area contributed by atoms with E-state index in [-0.39, 0.29) is 45.2 Å². The number of carboxylic acids is 1. The van der Waals surface area contributed by atoms with Crippen molar-refractivity contribution >= 4 is 29.1 Å². The molecule has 318 valence electrons. The lowest BCUT2D eigenvalue weighted by molar-refractivity contribution is -0.199. The van der Waals surface area contributed by atoms with Gasteiger partial charge in [-0.05, 0) is 177 Å². The van der Waals surface area contributed by atoms with Gasteiger partial charge in [-0.3, -0.25) is 19.3 Å². The van der Waals surface area contributed by atoms with E-state index in [0.29, 0.717) is 36.9 Å². The molecule has 1 aromatic carbocycles. The van der Waals surface area contributed by atoms with Gasteiger partial charge in [-0.15, -0.1) is 0 Å². The molecule has 8 atom stereocenters. The zero-order valence-electron chi connectivity index (χ0n) is 37.3. The van der Waals surface area contributed by atoms with Gasteiger partial charge in [0.25, 0.3) is 0 Å². The van der Waals surface area contributed by atoms with E-state index in [1.165, 1.54) is 35.1 Å². The molecule has 7 heteroatoms. The highest BCUT2D eigenvalue weighted by atomic mass is 35.5. The van der Waals surface area contributed by atoms with Gasteiger partial charge in [0.2, 0.25) is 0 Å². The van der Waals surface area contributed by atoms with Crippen LogP contribution in [0.25, 0.3) is 0 Å². The second-order valence-corrected chi connectivity index (χ2v) is 22.0. The normalized spacial score (nSPS) is 35.6. The quantitative estimate of drug-likeness (QED) is 0.214.